The highest BCUT2D eigenvalue weighted by Gasteiger charge is 2.53. The van der Waals surface area contributed by atoms with Gasteiger partial charge in [0.15, 0.2) is 23.0 Å². The zero-order valence-corrected chi connectivity index (χ0v) is 25.3. The van der Waals surface area contributed by atoms with E-state index in [-0.39, 0.29) is 40.8 Å². The van der Waals surface area contributed by atoms with Crippen LogP contribution in [0.25, 0.3) is 0 Å². The molecule has 36 heavy (non-hydrogen) atoms. The summed E-state index contributed by atoms with van der Waals surface area (Å²) in [7, 11) is 0. The fourth-order valence-electron chi connectivity index (χ4n) is 5.50. The third-order valence-electron chi connectivity index (χ3n) is 7.60. The molecule has 2 aliphatic rings. The number of carbonyl (C=O) groups excluding carboxylic acids is 2. The Morgan fingerprint density at radius 2 is 1.69 bits per heavy atom. The Morgan fingerprint density at radius 1 is 1.11 bits per heavy atom. The van der Waals surface area contributed by atoms with Crippen LogP contribution in [0.3, 0.4) is 0 Å². The molecule has 7 heteroatoms. The van der Waals surface area contributed by atoms with Crippen LogP contribution in [0.15, 0.2) is 29.3 Å². The molecule has 0 aromatic heterocycles. The highest BCUT2D eigenvalue weighted by molar-refractivity contribution is 14.1. The summed E-state index contributed by atoms with van der Waals surface area (Å²) in [4.78, 5) is 33.1. The summed E-state index contributed by atoms with van der Waals surface area (Å²) in [5.74, 6) is 0.323. The van der Waals surface area contributed by atoms with Gasteiger partial charge in [-0.3, -0.25) is 4.79 Å². The first-order valence-corrected chi connectivity index (χ1v) is 14.1. The first kappa shape index (κ1) is 28.9. The Morgan fingerprint density at radius 3 is 2.17 bits per heavy atom. The van der Waals surface area contributed by atoms with Gasteiger partial charge in [-0.15, -0.1) is 0 Å². The molecule has 1 aromatic carbocycles. The van der Waals surface area contributed by atoms with E-state index in [1.165, 1.54) is 0 Å². The molecule has 3 rings (SSSR count). The number of esters is 1. The molecule has 0 radical (unpaired) electrons. The standard InChI is InChI=1S/C29H43IN2O4/c1-19(2)35-26(34)21-11-9-20(10-12-21)23(15-16-27(3,4)5)32-25(33)24(36-30)31-29(32)17-13-22(14-18-29)28(6,7)8/h9-12,19,22-23H,13-18H2,1-8H3. The van der Waals surface area contributed by atoms with E-state index in [1.807, 2.05) is 43.0 Å². The van der Waals surface area contributed by atoms with Crippen molar-refractivity contribution in [2.24, 2.45) is 21.7 Å². The number of amides is 1. The van der Waals surface area contributed by atoms with Gasteiger partial charge in [0.2, 0.25) is 0 Å². The topological polar surface area (TPSA) is 68.2 Å². The number of hydrogen-bond acceptors (Lipinski definition) is 5. The summed E-state index contributed by atoms with van der Waals surface area (Å²) in [5, 5.41) is 0. The maximum absolute atomic E-state index is 13.7. The van der Waals surface area contributed by atoms with Crippen LogP contribution >= 0.6 is 23.0 Å². The van der Waals surface area contributed by atoms with Crippen molar-refractivity contribution in [1.82, 2.24) is 4.90 Å². The number of ether oxygens (including phenoxy) is 1. The third kappa shape index (κ3) is 6.62. The van der Waals surface area contributed by atoms with E-state index in [2.05, 4.69) is 41.5 Å². The predicted octanol–water partition coefficient (Wildman–Crippen LogP) is 7.66. The molecule has 1 saturated carbocycles. The average Bonchev–Trinajstić information content (AvgIpc) is 3.04. The monoisotopic (exact) mass is 610 g/mol. The second-order valence-corrected chi connectivity index (χ2v) is 13.4. The quantitative estimate of drug-likeness (QED) is 0.245. The van der Waals surface area contributed by atoms with Crippen LogP contribution in [0.2, 0.25) is 0 Å². The van der Waals surface area contributed by atoms with E-state index < -0.39 is 5.66 Å². The van der Waals surface area contributed by atoms with E-state index in [4.69, 9.17) is 12.8 Å². The van der Waals surface area contributed by atoms with Gasteiger partial charge in [0.05, 0.1) is 17.7 Å². The van der Waals surface area contributed by atoms with Crippen LogP contribution in [0.5, 0.6) is 0 Å². The molecule has 0 saturated heterocycles. The molecule has 0 N–H and O–H groups in total. The molecule has 1 aromatic rings. The zero-order valence-electron chi connectivity index (χ0n) is 23.2. The van der Waals surface area contributed by atoms with Crippen molar-refractivity contribution in [2.75, 3.05) is 0 Å². The molecule has 1 heterocycles. The van der Waals surface area contributed by atoms with Crippen LogP contribution < -0.4 is 0 Å². The van der Waals surface area contributed by atoms with Gasteiger partial charge in [-0.2, -0.15) is 0 Å². The number of carbonyl (C=O) groups is 2. The van der Waals surface area contributed by atoms with Crippen molar-refractivity contribution in [3.63, 3.8) is 0 Å². The van der Waals surface area contributed by atoms with Gasteiger partial charge in [0, 0.05) is 0 Å². The lowest BCUT2D eigenvalue weighted by Crippen LogP contribution is -2.51. The Kier molecular flexibility index (Phi) is 8.84. The number of rotatable bonds is 6. The van der Waals surface area contributed by atoms with E-state index >= 15 is 0 Å². The van der Waals surface area contributed by atoms with Crippen molar-refractivity contribution in [3.8, 4) is 0 Å². The minimum atomic E-state index is -0.586. The summed E-state index contributed by atoms with van der Waals surface area (Å²) >= 11 is 1.77. The minimum Gasteiger partial charge on any atom is -0.459 e. The van der Waals surface area contributed by atoms with Crippen LogP contribution in [-0.2, 0) is 12.6 Å². The van der Waals surface area contributed by atoms with E-state index in [0.717, 1.165) is 44.1 Å². The first-order valence-electron chi connectivity index (χ1n) is 13.2. The lowest BCUT2D eigenvalue weighted by atomic mass is 9.69. The number of halogens is 1. The number of aliphatic imine (C=N–C) groups is 1. The van der Waals surface area contributed by atoms with Gasteiger partial charge in [0.1, 0.15) is 5.66 Å². The van der Waals surface area contributed by atoms with E-state index in [1.54, 1.807) is 23.0 Å². The molecule has 0 bridgehead atoms. The molecule has 200 valence electrons. The lowest BCUT2D eigenvalue weighted by Gasteiger charge is -2.47. The Balaban J connectivity index is 1.98. The molecule has 1 aliphatic heterocycles. The smallest absolute Gasteiger partial charge is 0.338 e. The van der Waals surface area contributed by atoms with Gasteiger partial charge >= 0.3 is 11.9 Å². The van der Waals surface area contributed by atoms with Crippen molar-refractivity contribution >= 4 is 40.8 Å². The molecule has 1 fully saturated rings. The molecule has 1 amide bonds. The second kappa shape index (κ2) is 11.0. The van der Waals surface area contributed by atoms with Crippen LogP contribution in [-0.4, -0.2) is 34.4 Å². The van der Waals surface area contributed by atoms with Gasteiger partial charge in [-0.1, -0.05) is 53.7 Å². The average molecular weight is 611 g/mol. The van der Waals surface area contributed by atoms with E-state index in [9.17, 15) is 9.59 Å². The minimum absolute atomic E-state index is 0.114. The number of benzene rings is 1. The van der Waals surface area contributed by atoms with Crippen molar-refractivity contribution in [2.45, 2.75) is 112 Å². The van der Waals surface area contributed by atoms with Crippen LogP contribution in [0.4, 0.5) is 0 Å². The van der Waals surface area contributed by atoms with Gasteiger partial charge < -0.3 is 12.7 Å². The highest BCUT2D eigenvalue weighted by atomic mass is 127. The summed E-state index contributed by atoms with van der Waals surface area (Å²) in [6, 6.07) is 7.39. The zero-order chi connectivity index (χ0) is 26.9. The first-order chi connectivity index (χ1) is 16.7. The summed E-state index contributed by atoms with van der Waals surface area (Å²) in [5.41, 5.74) is 1.28. The van der Waals surface area contributed by atoms with Crippen molar-refractivity contribution in [1.29, 1.82) is 0 Å². The molecule has 1 aliphatic carbocycles. The molecule has 1 spiro atoms. The maximum Gasteiger partial charge on any atom is 0.338 e. The van der Waals surface area contributed by atoms with Crippen molar-refractivity contribution < 1.29 is 17.4 Å². The van der Waals surface area contributed by atoms with Gasteiger partial charge in [-0.05, 0) is 86.8 Å². The fourth-order valence-corrected chi connectivity index (χ4v) is 5.79. The van der Waals surface area contributed by atoms with E-state index in [0.29, 0.717) is 11.5 Å². The molecular weight excluding hydrogens is 567 g/mol. The second-order valence-electron chi connectivity index (χ2n) is 13.0. The fraction of sp³-hybridized carbons (Fsp3) is 0.690. The van der Waals surface area contributed by atoms with Crippen molar-refractivity contribution in [3.05, 3.63) is 35.4 Å². The number of nitrogens with zero attached hydrogens (tertiary/aromatic N) is 2. The maximum atomic E-state index is 13.7. The Hall–Kier alpha value is -1.64. The normalized spacial score (nSPS) is 23.7. The molecule has 1 atom stereocenters. The van der Waals surface area contributed by atoms with Gasteiger partial charge in [0.25, 0.3) is 5.90 Å². The summed E-state index contributed by atoms with van der Waals surface area (Å²) in [6.07, 6.45) is 5.28. The molecule has 6 nitrogen and oxygen atoms in total. The Labute approximate surface area is 231 Å². The van der Waals surface area contributed by atoms with Crippen LogP contribution in [0.1, 0.15) is 116 Å². The highest BCUT2D eigenvalue weighted by Crippen LogP contribution is 2.50. The predicted molar refractivity (Wildman–Crippen MR) is 152 cm³/mol. The van der Waals surface area contributed by atoms with Gasteiger partial charge in [-0.25, -0.2) is 9.79 Å². The summed E-state index contributed by atoms with van der Waals surface area (Å²) in [6.45, 7) is 17.3. The Bertz CT molecular complexity index is 964. The molecule has 1 unspecified atom stereocenters. The molecular formula is C29H43IN2O4. The summed E-state index contributed by atoms with van der Waals surface area (Å²) < 4.78 is 10.8. The SMILES string of the molecule is CC(C)OC(=O)c1ccc(C(CCC(C)(C)C)N2C(=O)C(OI)=NC23CCC(C(C)(C)C)CC3)cc1. The number of hydrogen-bond donors (Lipinski definition) is 0. The van der Waals surface area contributed by atoms with Crippen LogP contribution in [0, 0.1) is 16.7 Å². The largest absolute Gasteiger partial charge is 0.459 e. The lowest BCUT2D eigenvalue weighted by molar-refractivity contribution is -0.134. The third-order valence-corrected chi connectivity index (χ3v) is 8.01.